The number of likely N-dealkylation sites (tertiary alicyclic amines) is 1. The molecule has 26 heavy (non-hydrogen) atoms. The lowest BCUT2D eigenvalue weighted by Gasteiger charge is -2.35. The van der Waals surface area contributed by atoms with Crippen molar-refractivity contribution in [1.82, 2.24) is 4.90 Å². The highest BCUT2D eigenvalue weighted by atomic mass is 35.5. The Morgan fingerprint density at radius 1 is 1.12 bits per heavy atom. The molecule has 2 amide bonds. The zero-order valence-corrected chi connectivity index (χ0v) is 16.5. The summed E-state index contributed by atoms with van der Waals surface area (Å²) < 4.78 is 0. The van der Waals surface area contributed by atoms with Crippen LogP contribution in [0.5, 0.6) is 0 Å². The molecule has 142 valence electrons. The number of benzene rings is 1. The maximum Gasteiger partial charge on any atom is 0.227 e. The first-order chi connectivity index (χ1) is 12.5. The van der Waals surface area contributed by atoms with Crippen molar-refractivity contribution in [3.8, 4) is 0 Å². The van der Waals surface area contributed by atoms with Crippen molar-refractivity contribution in [3.63, 3.8) is 0 Å². The minimum atomic E-state index is -0.0160. The molecule has 1 aliphatic carbocycles. The van der Waals surface area contributed by atoms with Crippen LogP contribution in [-0.4, -0.2) is 29.8 Å². The number of carbonyl (C=O) groups is 2. The van der Waals surface area contributed by atoms with Crippen LogP contribution in [0.25, 0.3) is 0 Å². The Balaban J connectivity index is 1.52. The smallest absolute Gasteiger partial charge is 0.227 e. The van der Waals surface area contributed by atoms with Crippen molar-refractivity contribution >= 4 is 29.1 Å². The molecule has 1 saturated heterocycles. The molecular formula is C21H29ClN2O2. The minimum Gasteiger partial charge on any atom is -0.342 e. The number of nitrogens with one attached hydrogen (secondary N) is 1. The number of nitrogens with zero attached hydrogens (tertiary/aromatic N) is 1. The van der Waals surface area contributed by atoms with E-state index in [0.717, 1.165) is 56.4 Å². The third-order valence-corrected chi connectivity index (χ3v) is 6.35. The van der Waals surface area contributed by atoms with Gasteiger partial charge in [0.1, 0.15) is 0 Å². The SMILES string of the molecule is Cc1c(Cl)cccc1NC(=O)C1CCC(C(=O)N2CCCC(C)C2)CC1. The van der Waals surface area contributed by atoms with Crippen molar-refractivity contribution < 1.29 is 9.59 Å². The molecule has 1 aliphatic heterocycles. The summed E-state index contributed by atoms with van der Waals surface area (Å²) in [5, 5.41) is 3.68. The summed E-state index contributed by atoms with van der Waals surface area (Å²) in [5.41, 5.74) is 1.67. The van der Waals surface area contributed by atoms with Crippen LogP contribution >= 0.6 is 11.6 Å². The fraction of sp³-hybridized carbons (Fsp3) is 0.619. The van der Waals surface area contributed by atoms with Gasteiger partial charge in [0, 0.05) is 35.6 Å². The third kappa shape index (κ3) is 4.40. The summed E-state index contributed by atoms with van der Waals surface area (Å²) in [4.78, 5) is 27.4. The number of rotatable bonds is 3. The second-order valence-electron chi connectivity index (χ2n) is 7.98. The minimum absolute atomic E-state index is 0.0160. The second-order valence-corrected chi connectivity index (χ2v) is 8.39. The van der Waals surface area contributed by atoms with Crippen LogP contribution in [0.1, 0.15) is 51.0 Å². The number of hydrogen-bond donors (Lipinski definition) is 1. The largest absolute Gasteiger partial charge is 0.342 e. The molecule has 5 heteroatoms. The van der Waals surface area contributed by atoms with Crippen molar-refractivity contribution in [2.24, 2.45) is 17.8 Å². The van der Waals surface area contributed by atoms with Crippen LogP contribution in [0.3, 0.4) is 0 Å². The molecule has 2 aliphatic rings. The summed E-state index contributed by atoms with van der Waals surface area (Å²) in [5.74, 6) is 1.04. The van der Waals surface area contributed by atoms with Crippen LogP contribution in [0.15, 0.2) is 18.2 Å². The zero-order valence-electron chi connectivity index (χ0n) is 15.8. The molecule has 1 atom stereocenters. The first-order valence-electron chi connectivity index (χ1n) is 9.80. The first kappa shape index (κ1) is 19.2. The molecule has 0 spiro atoms. The molecule has 1 unspecified atom stereocenters. The van der Waals surface area contributed by atoms with E-state index >= 15 is 0 Å². The standard InChI is InChI=1S/C21H29ClN2O2/c1-14-5-4-12-24(13-14)21(26)17-10-8-16(9-11-17)20(25)23-19-7-3-6-18(22)15(19)2/h3,6-7,14,16-17H,4-5,8-13H2,1-2H3,(H,23,25). The van der Waals surface area contributed by atoms with E-state index in [0.29, 0.717) is 16.8 Å². The molecule has 0 aromatic heterocycles. The molecule has 3 rings (SSSR count). The van der Waals surface area contributed by atoms with Crippen LogP contribution in [0.2, 0.25) is 5.02 Å². The van der Waals surface area contributed by atoms with Gasteiger partial charge in [0.2, 0.25) is 11.8 Å². The Kier molecular flexibility index (Phi) is 6.23. The summed E-state index contributed by atoms with van der Waals surface area (Å²) in [7, 11) is 0. The molecule has 4 nitrogen and oxygen atoms in total. The van der Waals surface area contributed by atoms with E-state index in [9.17, 15) is 9.59 Å². The third-order valence-electron chi connectivity index (χ3n) is 5.94. The number of amides is 2. The number of piperidine rings is 1. The van der Waals surface area contributed by atoms with Gasteiger partial charge in [0.15, 0.2) is 0 Å². The fourth-order valence-electron chi connectivity index (χ4n) is 4.23. The van der Waals surface area contributed by atoms with Crippen LogP contribution in [0, 0.1) is 24.7 Å². The second kappa shape index (κ2) is 8.43. The molecule has 1 heterocycles. The van der Waals surface area contributed by atoms with Gasteiger partial charge in [-0.1, -0.05) is 24.6 Å². The normalized spacial score (nSPS) is 26.4. The predicted molar refractivity (Wildman–Crippen MR) is 105 cm³/mol. The van der Waals surface area contributed by atoms with Gasteiger partial charge in [-0.3, -0.25) is 9.59 Å². The Morgan fingerprint density at radius 2 is 1.81 bits per heavy atom. The van der Waals surface area contributed by atoms with Gasteiger partial charge in [-0.05, 0) is 69.1 Å². The molecule has 1 saturated carbocycles. The van der Waals surface area contributed by atoms with Gasteiger partial charge in [-0.15, -0.1) is 0 Å². The molecule has 0 bridgehead atoms. The van der Waals surface area contributed by atoms with Gasteiger partial charge in [0.25, 0.3) is 0 Å². The lowest BCUT2D eigenvalue weighted by atomic mass is 9.80. The van der Waals surface area contributed by atoms with Crippen molar-refractivity contribution in [2.75, 3.05) is 18.4 Å². The summed E-state index contributed by atoms with van der Waals surface area (Å²) in [6, 6.07) is 5.55. The Hall–Kier alpha value is -1.55. The Bertz CT molecular complexity index is 668. The maximum absolute atomic E-state index is 12.8. The average Bonchev–Trinajstić information content (AvgIpc) is 2.65. The highest BCUT2D eigenvalue weighted by Crippen LogP contribution is 2.32. The number of hydrogen-bond acceptors (Lipinski definition) is 2. The van der Waals surface area contributed by atoms with Crippen molar-refractivity contribution in [2.45, 2.75) is 52.4 Å². The molecule has 2 fully saturated rings. The monoisotopic (exact) mass is 376 g/mol. The van der Waals surface area contributed by atoms with Gasteiger partial charge >= 0.3 is 0 Å². The topological polar surface area (TPSA) is 49.4 Å². The molecule has 1 aromatic rings. The van der Waals surface area contributed by atoms with Crippen LogP contribution < -0.4 is 5.32 Å². The predicted octanol–water partition coefficient (Wildman–Crippen LogP) is 4.65. The van der Waals surface area contributed by atoms with E-state index in [1.807, 2.05) is 25.1 Å². The van der Waals surface area contributed by atoms with Gasteiger partial charge in [0.05, 0.1) is 0 Å². The van der Waals surface area contributed by atoms with Gasteiger partial charge in [-0.2, -0.15) is 0 Å². The van der Waals surface area contributed by atoms with Gasteiger partial charge < -0.3 is 10.2 Å². The highest BCUT2D eigenvalue weighted by Gasteiger charge is 2.33. The van der Waals surface area contributed by atoms with E-state index in [1.165, 1.54) is 6.42 Å². The Morgan fingerprint density at radius 3 is 2.50 bits per heavy atom. The zero-order chi connectivity index (χ0) is 18.7. The molecule has 0 radical (unpaired) electrons. The van der Waals surface area contributed by atoms with Crippen molar-refractivity contribution in [3.05, 3.63) is 28.8 Å². The highest BCUT2D eigenvalue weighted by molar-refractivity contribution is 6.31. The number of halogens is 1. The van der Waals surface area contributed by atoms with Gasteiger partial charge in [-0.25, -0.2) is 0 Å². The molecule has 1 N–H and O–H groups in total. The first-order valence-corrected chi connectivity index (χ1v) is 10.2. The van der Waals surface area contributed by atoms with Crippen molar-refractivity contribution in [1.29, 1.82) is 0 Å². The Labute approximate surface area is 161 Å². The van der Waals surface area contributed by atoms with Crippen LogP contribution in [0.4, 0.5) is 5.69 Å². The summed E-state index contributed by atoms with van der Waals surface area (Å²) in [6.07, 6.45) is 5.53. The quantitative estimate of drug-likeness (QED) is 0.834. The molecule has 1 aromatic carbocycles. The number of carbonyl (C=O) groups excluding carboxylic acids is 2. The maximum atomic E-state index is 12.8. The number of anilines is 1. The molecular weight excluding hydrogens is 348 g/mol. The lowest BCUT2D eigenvalue weighted by Crippen LogP contribution is -2.43. The summed E-state index contributed by atoms with van der Waals surface area (Å²) in [6.45, 7) is 5.93. The lowest BCUT2D eigenvalue weighted by molar-refractivity contribution is -0.139. The summed E-state index contributed by atoms with van der Waals surface area (Å²) >= 11 is 6.13. The van der Waals surface area contributed by atoms with E-state index in [1.54, 1.807) is 0 Å². The van der Waals surface area contributed by atoms with E-state index in [-0.39, 0.29) is 17.7 Å². The fourth-order valence-corrected chi connectivity index (χ4v) is 4.40. The van der Waals surface area contributed by atoms with E-state index in [4.69, 9.17) is 11.6 Å². The van der Waals surface area contributed by atoms with Crippen LogP contribution in [-0.2, 0) is 9.59 Å². The average molecular weight is 377 g/mol. The van der Waals surface area contributed by atoms with E-state index in [2.05, 4.69) is 17.1 Å². The van der Waals surface area contributed by atoms with E-state index < -0.39 is 0 Å².